The van der Waals surface area contributed by atoms with E-state index in [1.165, 1.54) is 22.2 Å². The summed E-state index contributed by atoms with van der Waals surface area (Å²) in [4.78, 5) is 11.4. The zero-order valence-electron chi connectivity index (χ0n) is 11.0. The number of aryl methyl sites for hydroxylation is 1. The van der Waals surface area contributed by atoms with Crippen LogP contribution in [0, 0.1) is 17.2 Å². The molecular weight excluding hydrogens is 274 g/mol. The number of thioether (sulfide) groups is 1. The van der Waals surface area contributed by atoms with Crippen molar-refractivity contribution in [1.29, 1.82) is 5.26 Å². The van der Waals surface area contributed by atoms with Gasteiger partial charge in [0.15, 0.2) is 0 Å². The van der Waals surface area contributed by atoms with Crippen LogP contribution in [-0.2, 0) is 12.8 Å². The molecule has 0 spiro atoms. The number of fused-ring (bicyclic) bond motifs is 3. The molecule has 19 heavy (non-hydrogen) atoms. The molecule has 0 fully saturated rings. The van der Waals surface area contributed by atoms with Gasteiger partial charge in [0, 0.05) is 10.3 Å². The molecule has 0 bridgehead atoms. The fraction of sp³-hybridized carbons (Fsp3) is 0.500. The average molecular weight is 289 g/mol. The molecule has 0 radical (unpaired) electrons. The first-order chi connectivity index (χ1) is 9.19. The lowest BCUT2D eigenvalue weighted by Crippen LogP contribution is -2.08. The van der Waals surface area contributed by atoms with Crippen molar-refractivity contribution in [3.63, 3.8) is 0 Å². The lowest BCUT2D eigenvalue weighted by Gasteiger charge is -2.18. The van der Waals surface area contributed by atoms with Crippen LogP contribution < -0.4 is 0 Å². The predicted molar refractivity (Wildman–Crippen MR) is 79.5 cm³/mol. The Kier molecular flexibility index (Phi) is 3.46. The van der Waals surface area contributed by atoms with Gasteiger partial charge in [-0.2, -0.15) is 5.26 Å². The fourth-order valence-corrected chi connectivity index (χ4v) is 4.78. The zero-order valence-corrected chi connectivity index (χ0v) is 12.6. The second-order valence-corrected chi connectivity index (χ2v) is 7.51. The summed E-state index contributed by atoms with van der Waals surface area (Å²) >= 11 is 3.35. The minimum atomic E-state index is -0.0730. The van der Waals surface area contributed by atoms with Gasteiger partial charge in [-0.3, -0.25) is 0 Å². The minimum absolute atomic E-state index is 0.0730. The Hall–Kier alpha value is -1.12. The summed E-state index contributed by atoms with van der Waals surface area (Å²) < 4.78 is 0. The molecule has 2 aromatic rings. The maximum absolute atomic E-state index is 8.98. The first kappa shape index (κ1) is 12.9. The number of aromatic nitrogens is 2. The van der Waals surface area contributed by atoms with Crippen molar-refractivity contribution < 1.29 is 0 Å². The second kappa shape index (κ2) is 5.10. The van der Waals surface area contributed by atoms with E-state index in [2.05, 4.69) is 23.0 Å². The highest BCUT2D eigenvalue weighted by molar-refractivity contribution is 8.00. The number of hydrogen-bond acceptors (Lipinski definition) is 5. The highest BCUT2D eigenvalue weighted by Crippen LogP contribution is 2.41. The van der Waals surface area contributed by atoms with Gasteiger partial charge in [0.25, 0.3) is 0 Å². The summed E-state index contributed by atoms with van der Waals surface area (Å²) in [5, 5.41) is 11.1. The van der Waals surface area contributed by atoms with Gasteiger partial charge < -0.3 is 0 Å². The van der Waals surface area contributed by atoms with Crippen LogP contribution in [0.15, 0.2) is 11.4 Å². The molecular formula is C14H15N3S2. The molecule has 3 rings (SSSR count). The van der Waals surface area contributed by atoms with E-state index in [1.807, 2.05) is 6.92 Å². The Morgan fingerprint density at radius 1 is 1.53 bits per heavy atom. The smallest absolute Gasteiger partial charge is 0.128 e. The van der Waals surface area contributed by atoms with Gasteiger partial charge in [-0.15, -0.1) is 11.3 Å². The summed E-state index contributed by atoms with van der Waals surface area (Å²) in [7, 11) is 0. The Balaban J connectivity index is 2.11. The van der Waals surface area contributed by atoms with Gasteiger partial charge in [-0.25, -0.2) is 9.97 Å². The largest absolute Gasteiger partial charge is 0.229 e. The summed E-state index contributed by atoms with van der Waals surface area (Å²) in [6.07, 6.45) is 5.15. The number of thiophene rings is 1. The highest BCUT2D eigenvalue weighted by atomic mass is 32.2. The van der Waals surface area contributed by atoms with Crippen LogP contribution in [0.1, 0.15) is 30.7 Å². The van der Waals surface area contributed by atoms with E-state index in [4.69, 9.17) is 5.26 Å². The summed E-state index contributed by atoms with van der Waals surface area (Å²) in [6, 6.07) is 2.26. The summed E-state index contributed by atoms with van der Waals surface area (Å²) in [5.74, 6) is 0.766. The maximum atomic E-state index is 8.98. The van der Waals surface area contributed by atoms with E-state index in [1.54, 1.807) is 29.4 Å². The molecule has 2 atom stereocenters. The van der Waals surface area contributed by atoms with E-state index < -0.39 is 0 Å². The predicted octanol–water partition coefficient (Wildman–Crippen LogP) is 3.82. The molecule has 0 N–H and O–H groups in total. The first-order valence-corrected chi connectivity index (χ1v) is 8.20. The van der Waals surface area contributed by atoms with Crippen molar-refractivity contribution in [3.8, 4) is 6.07 Å². The van der Waals surface area contributed by atoms with Gasteiger partial charge in [0.1, 0.15) is 16.2 Å². The molecule has 0 aromatic carbocycles. The Bertz CT molecular complexity index is 656. The normalized spacial score (nSPS) is 19.9. The number of nitriles is 1. The molecule has 3 nitrogen and oxygen atoms in total. The second-order valence-electron chi connectivity index (χ2n) is 5.10. The Morgan fingerprint density at radius 3 is 3.16 bits per heavy atom. The van der Waals surface area contributed by atoms with Crippen molar-refractivity contribution in [3.05, 3.63) is 16.8 Å². The van der Waals surface area contributed by atoms with Crippen LogP contribution >= 0.6 is 23.1 Å². The SMILES string of the molecule is C[C@@H]1CCc2c(sc3ncnc(S[C@@H](C)C#N)c23)C1. The van der Waals surface area contributed by atoms with Crippen LogP contribution in [0.3, 0.4) is 0 Å². The Labute approximate surface area is 121 Å². The van der Waals surface area contributed by atoms with E-state index in [0.717, 1.165) is 28.6 Å². The van der Waals surface area contributed by atoms with Crippen molar-refractivity contribution in [1.82, 2.24) is 9.97 Å². The van der Waals surface area contributed by atoms with E-state index in [-0.39, 0.29) is 5.25 Å². The third kappa shape index (κ3) is 2.35. The van der Waals surface area contributed by atoms with Gasteiger partial charge in [0.05, 0.1) is 11.3 Å². The van der Waals surface area contributed by atoms with E-state index >= 15 is 0 Å². The lowest BCUT2D eigenvalue weighted by molar-refractivity contribution is 0.509. The lowest BCUT2D eigenvalue weighted by atomic mass is 9.89. The number of nitrogens with zero attached hydrogens (tertiary/aromatic N) is 3. The minimum Gasteiger partial charge on any atom is -0.229 e. The fourth-order valence-electron chi connectivity index (χ4n) is 2.53. The van der Waals surface area contributed by atoms with Crippen molar-refractivity contribution in [2.75, 3.05) is 0 Å². The first-order valence-electron chi connectivity index (χ1n) is 6.50. The van der Waals surface area contributed by atoms with Crippen molar-refractivity contribution >= 4 is 33.3 Å². The van der Waals surface area contributed by atoms with Crippen molar-refractivity contribution in [2.45, 2.75) is 43.4 Å². The third-order valence-corrected chi connectivity index (χ3v) is 5.68. The molecule has 0 amide bonds. The quantitative estimate of drug-likeness (QED) is 0.623. The molecule has 1 aliphatic rings. The molecule has 0 unspecified atom stereocenters. The van der Waals surface area contributed by atoms with Crippen LogP contribution in [0.5, 0.6) is 0 Å². The molecule has 0 saturated heterocycles. The number of hydrogen-bond donors (Lipinski definition) is 0. The molecule has 1 aliphatic carbocycles. The topological polar surface area (TPSA) is 49.6 Å². The molecule has 5 heteroatoms. The summed E-state index contributed by atoms with van der Waals surface area (Å²) in [6.45, 7) is 4.23. The van der Waals surface area contributed by atoms with E-state index in [0.29, 0.717) is 0 Å². The Morgan fingerprint density at radius 2 is 2.37 bits per heavy atom. The maximum Gasteiger partial charge on any atom is 0.128 e. The molecule has 0 aliphatic heterocycles. The molecule has 0 saturated carbocycles. The van der Waals surface area contributed by atoms with Crippen LogP contribution in [-0.4, -0.2) is 15.2 Å². The third-order valence-electron chi connectivity index (χ3n) is 3.53. The molecule has 2 aromatic heterocycles. The average Bonchev–Trinajstić information content (AvgIpc) is 2.76. The monoisotopic (exact) mass is 289 g/mol. The molecule has 98 valence electrons. The van der Waals surface area contributed by atoms with Crippen LogP contribution in [0.25, 0.3) is 10.2 Å². The van der Waals surface area contributed by atoms with Gasteiger partial charge >= 0.3 is 0 Å². The van der Waals surface area contributed by atoms with Crippen molar-refractivity contribution in [2.24, 2.45) is 5.92 Å². The van der Waals surface area contributed by atoms with Gasteiger partial charge in [-0.1, -0.05) is 18.7 Å². The van der Waals surface area contributed by atoms with E-state index in [9.17, 15) is 0 Å². The highest BCUT2D eigenvalue weighted by Gasteiger charge is 2.23. The van der Waals surface area contributed by atoms with Crippen LogP contribution in [0.2, 0.25) is 0 Å². The zero-order chi connectivity index (χ0) is 13.4. The standard InChI is InChI=1S/C14H15N3S2/c1-8-3-4-10-11(5-8)19-14-12(10)13(16-7-17-14)18-9(2)6-15/h7-9H,3-5H2,1-2H3/t8-,9+/m1/s1. The van der Waals surface area contributed by atoms with Gasteiger partial charge in [-0.05, 0) is 37.7 Å². The van der Waals surface area contributed by atoms with Crippen LogP contribution in [0.4, 0.5) is 0 Å². The number of rotatable bonds is 2. The summed E-state index contributed by atoms with van der Waals surface area (Å²) in [5.41, 5.74) is 1.44. The van der Waals surface area contributed by atoms with Gasteiger partial charge in [0.2, 0.25) is 0 Å². The molecule has 2 heterocycles.